The molecule has 8 heteroatoms. The molecule has 29 heavy (non-hydrogen) atoms. The van der Waals surface area contributed by atoms with Crippen molar-refractivity contribution in [2.24, 2.45) is 4.99 Å². The van der Waals surface area contributed by atoms with Crippen molar-refractivity contribution < 1.29 is 13.2 Å². The van der Waals surface area contributed by atoms with E-state index in [0.717, 1.165) is 28.1 Å². The number of thiazole rings is 1. The molecule has 0 fully saturated rings. The number of amides is 1. The van der Waals surface area contributed by atoms with Crippen molar-refractivity contribution in [3.8, 4) is 0 Å². The molecule has 0 radical (unpaired) electrons. The van der Waals surface area contributed by atoms with Gasteiger partial charge in [-0.3, -0.25) is 4.79 Å². The molecule has 1 heterocycles. The van der Waals surface area contributed by atoms with Crippen LogP contribution in [0.1, 0.15) is 29.8 Å². The molecular formula is C21H24N2O3S3. The fourth-order valence-corrected chi connectivity index (χ4v) is 5.52. The molecule has 0 aliphatic rings. The highest BCUT2D eigenvalue weighted by molar-refractivity contribution is 7.98. The molecule has 0 atom stereocenters. The van der Waals surface area contributed by atoms with Gasteiger partial charge in [-0.2, -0.15) is 16.8 Å². The van der Waals surface area contributed by atoms with Crippen molar-refractivity contribution >= 4 is 49.1 Å². The average molecular weight is 449 g/mol. The van der Waals surface area contributed by atoms with E-state index in [0.29, 0.717) is 4.80 Å². The Labute approximate surface area is 179 Å². The minimum Gasteiger partial charge on any atom is -0.316 e. The molecule has 0 bridgehead atoms. The van der Waals surface area contributed by atoms with E-state index in [9.17, 15) is 13.2 Å². The molecule has 0 unspecified atom stereocenters. The Bertz CT molecular complexity index is 1220. The number of nitrogens with zero attached hydrogens (tertiary/aromatic N) is 2. The molecule has 0 N–H and O–H groups in total. The number of aryl methyl sites for hydroxylation is 2. The van der Waals surface area contributed by atoms with Crippen molar-refractivity contribution in [2.45, 2.75) is 37.5 Å². The van der Waals surface area contributed by atoms with Gasteiger partial charge in [-0.15, -0.1) is 0 Å². The third-order valence-electron chi connectivity index (χ3n) is 4.58. The zero-order chi connectivity index (χ0) is 21.2. The van der Waals surface area contributed by atoms with E-state index in [1.54, 1.807) is 37.7 Å². The van der Waals surface area contributed by atoms with Crippen molar-refractivity contribution in [3.05, 3.63) is 58.4 Å². The van der Waals surface area contributed by atoms with E-state index >= 15 is 0 Å². The molecule has 1 amide bonds. The molecule has 0 aliphatic carbocycles. The van der Waals surface area contributed by atoms with Gasteiger partial charge in [0.25, 0.3) is 5.91 Å². The Kier molecular flexibility index (Phi) is 6.65. The van der Waals surface area contributed by atoms with Gasteiger partial charge in [-0.05, 0) is 62.9 Å². The number of carbonyl (C=O) groups is 1. The minimum atomic E-state index is -3.45. The molecule has 0 saturated carbocycles. The Balaban J connectivity index is 2.08. The number of rotatable bonds is 6. The molecular weight excluding hydrogens is 424 g/mol. The average Bonchev–Trinajstić information content (AvgIpc) is 3.02. The van der Waals surface area contributed by atoms with E-state index in [-0.39, 0.29) is 10.5 Å². The van der Waals surface area contributed by atoms with Crippen LogP contribution < -0.4 is 4.80 Å². The van der Waals surface area contributed by atoms with Crippen LogP contribution in [-0.2, 0) is 16.4 Å². The number of carbonyl (C=O) groups excluding carboxylic acids is 1. The number of fused-ring (bicyclic) bond motifs is 1. The Morgan fingerprint density at radius 3 is 2.66 bits per heavy atom. The quantitative estimate of drug-likeness (QED) is 0.564. The first-order valence-electron chi connectivity index (χ1n) is 9.26. The van der Waals surface area contributed by atoms with Crippen LogP contribution in [0.5, 0.6) is 0 Å². The number of hydrogen-bond acceptors (Lipinski definition) is 5. The van der Waals surface area contributed by atoms with Crippen LogP contribution in [0.15, 0.2) is 52.4 Å². The summed E-state index contributed by atoms with van der Waals surface area (Å²) in [6.07, 6.45) is 2.04. The van der Waals surface area contributed by atoms with Crippen LogP contribution in [0.4, 0.5) is 0 Å². The number of sulfone groups is 1. The second-order valence-electron chi connectivity index (χ2n) is 7.04. The van der Waals surface area contributed by atoms with Crippen LogP contribution in [0, 0.1) is 6.92 Å². The summed E-state index contributed by atoms with van der Waals surface area (Å²) in [6.45, 7) is 6.04. The lowest BCUT2D eigenvalue weighted by atomic mass is 10.2. The molecule has 1 aromatic heterocycles. The van der Waals surface area contributed by atoms with Gasteiger partial charge in [0, 0.05) is 17.9 Å². The highest BCUT2D eigenvalue weighted by Gasteiger charge is 2.20. The van der Waals surface area contributed by atoms with Crippen molar-refractivity contribution in [3.63, 3.8) is 0 Å². The minimum absolute atomic E-state index is 0.149. The summed E-state index contributed by atoms with van der Waals surface area (Å²) in [5.41, 5.74) is 2.48. The molecule has 3 aromatic rings. The van der Waals surface area contributed by atoms with E-state index in [1.807, 2.05) is 13.2 Å². The normalized spacial score (nSPS) is 12.8. The third kappa shape index (κ3) is 4.65. The molecule has 2 aromatic carbocycles. The monoisotopic (exact) mass is 448 g/mol. The number of aromatic nitrogens is 1. The van der Waals surface area contributed by atoms with Crippen molar-refractivity contribution in [1.82, 2.24) is 4.57 Å². The predicted octanol–water partition coefficient (Wildman–Crippen LogP) is 4.30. The fourth-order valence-electron chi connectivity index (χ4n) is 2.89. The number of benzene rings is 2. The Hall–Kier alpha value is -1.90. The van der Waals surface area contributed by atoms with Crippen LogP contribution in [0.25, 0.3) is 10.2 Å². The number of hydrogen-bond donors (Lipinski definition) is 0. The SMILES string of the molecule is CSCCn1c(=NC(=O)c2cccc(S(=O)(=O)C(C)C)c2)sc2cc(C)ccc21. The Morgan fingerprint density at radius 1 is 1.21 bits per heavy atom. The van der Waals surface area contributed by atoms with Crippen LogP contribution in [-0.4, -0.2) is 36.2 Å². The molecule has 0 saturated heterocycles. The highest BCUT2D eigenvalue weighted by atomic mass is 32.2. The standard InChI is InChI=1S/C21H24N2O3S3/c1-14(2)29(25,26)17-7-5-6-16(13-17)20(24)22-21-23(10-11-27-4)18-9-8-15(3)12-19(18)28-21/h5-9,12-14H,10-11H2,1-4H3. The van der Waals surface area contributed by atoms with Crippen LogP contribution >= 0.6 is 23.1 Å². The smallest absolute Gasteiger partial charge is 0.279 e. The van der Waals surface area contributed by atoms with Gasteiger partial charge >= 0.3 is 0 Å². The lowest BCUT2D eigenvalue weighted by Crippen LogP contribution is -2.18. The van der Waals surface area contributed by atoms with Gasteiger partial charge in [0.05, 0.1) is 20.4 Å². The van der Waals surface area contributed by atoms with Crippen LogP contribution in [0.3, 0.4) is 0 Å². The van der Waals surface area contributed by atoms with Crippen molar-refractivity contribution in [2.75, 3.05) is 12.0 Å². The van der Waals surface area contributed by atoms with E-state index < -0.39 is 21.0 Å². The summed E-state index contributed by atoms with van der Waals surface area (Å²) in [5.74, 6) is 0.468. The van der Waals surface area contributed by atoms with Gasteiger partial charge in [-0.1, -0.05) is 23.5 Å². The summed E-state index contributed by atoms with van der Waals surface area (Å²) in [5, 5.41) is -0.552. The molecule has 0 aliphatic heterocycles. The summed E-state index contributed by atoms with van der Waals surface area (Å²) >= 11 is 3.21. The van der Waals surface area contributed by atoms with Gasteiger partial charge < -0.3 is 4.57 Å². The summed E-state index contributed by atoms with van der Waals surface area (Å²) < 4.78 is 28.0. The van der Waals surface area contributed by atoms with E-state index in [2.05, 4.69) is 27.8 Å². The summed E-state index contributed by atoms with van der Waals surface area (Å²) in [4.78, 5) is 18.0. The second-order valence-corrected chi connectivity index (χ2v) is 11.5. The maximum Gasteiger partial charge on any atom is 0.279 e. The predicted molar refractivity (Wildman–Crippen MR) is 122 cm³/mol. The first-order chi connectivity index (χ1) is 13.7. The third-order valence-corrected chi connectivity index (χ3v) is 8.37. The fraction of sp³-hybridized carbons (Fsp3) is 0.333. The molecule has 154 valence electrons. The number of thioether (sulfide) groups is 1. The van der Waals surface area contributed by atoms with Gasteiger partial charge in [0.15, 0.2) is 14.6 Å². The molecule has 3 rings (SSSR count). The zero-order valence-corrected chi connectivity index (χ0v) is 19.3. The second kappa shape index (κ2) is 8.85. The maximum absolute atomic E-state index is 12.9. The summed E-state index contributed by atoms with van der Waals surface area (Å²) in [7, 11) is -3.45. The lowest BCUT2D eigenvalue weighted by Gasteiger charge is -2.08. The van der Waals surface area contributed by atoms with Crippen LogP contribution in [0.2, 0.25) is 0 Å². The van der Waals surface area contributed by atoms with Gasteiger partial charge in [-0.25, -0.2) is 8.42 Å². The first kappa shape index (κ1) is 21.8. The lowest BCUT2D eigenvalue weighted by molar-refractivity contribution is 0.0997. The van der Waals surface area contributed by atoms with Crippen molar-refractivity contribution in [1.29, 1.82) is 0 Å². The van der Waals surface area contributed by atoms with Gasteiger partial charge in [0.1, 0.15) is 0 Å². The maximum atomic E-state index is 12.9. The van der Waals surface area contributed by atoms with E-state index in [1.165, 1.54) is 23.5 Å². The topological polar surface area (TPSA) is 68.5 Å². The summed E-state index contributed by atoms with van der Waals surface area (Å²) in [6, 6.07) is 12.3. The first-order valence-corrected chi connectivity index (χ1v) is 13.0. The molecule has 5 nitrogen and oxygen atoms in total. The largest absolute Gasteiger partial charge is 0.316 e. The van der Waals surface area contributed by atoms with Gasteiger partial charge in [0.2, 0.25) is 0 Å². The molecule has 0 spiro atoms. The zero-order valence-electron chi connectivity index (χ0n) is 16.9. The Morgan fingerprint density at radius 2 is 1.97 bits per heavy atom. The highest BCUT2D eigenvalue weighted by Crippen LogP contribution is 2.20. The van der Waals surface area contributed by atoms with E-state index in [4.69, 9.17) is 0 Å².